The summed E-state index contributed by atoms with van der Waals surface area (Å²) in [5.74, 6) is 1.43. The van der Waals surface area contributed by atoms with E-state index in [1.807, 2.05) is 13.8 Å². The van der Waals surface area contributed by atoms with Gasteiger partial charge in [0, 0.05) is 0 Å². The van der Waals surface area contributed by atoms with E-state index in [2.05, 4.69) is 43.8 Å². The standard InChI is InChI=1S/C13H16.C2H6/c1-3-10(2)13-8-11-6-4-5-7-12(11)9-13;1-2/h3-7,10,13H,1,8-9H2,2H3;1-2H3. The second-order valence-electron chi connectivity index (χ2n) is 4.03. The summed E-state index contributed by atoms with van der Waals surface area (Å²) < 4.78 is 0. The van der Waals surface area contributed by atoms with E-state index in [4.69, 9.17) is 0 Å². The van der Waals surface area contributed by atoms with Crippen molar-refractivity contribution in [3.05, 3.63) is 48.0 Å². The summed E-state index contributed by atoms with van der Waals surface area (Å²) in [4.78, 5) is 0. The molecule has 0 heteroatoms. The van der Waals surface area contributed by atoms with E-state index in [-0.39, 0.29) is 0 Å². The van der Waals surface area contributed by atoms with Crippen LogP contribution in [0.3, 0.4) is 0 Å². The molecule has 0 spiro atoms. The molecule has 1 atom stereocenters. The van der Waals surface area contributed by atoms with Crippen LogP contribution in [-0.4, -0.2) is 0 Å². The van der Waals surface area contributed by atoms with Crippen LogP contribution in [0.2, 0.25) is 0 Å². The number of allylic oxidation sites excluding steroid dienone is 1. The molecule has 0 radical (unpaired) electrons. The van der Waals surface area contributed by atoms with Gasteiger partial charge in [-0.25, -0.2) is 0 Å². The minimum atomic E-state index is 0.646. The van der Waals surface area contributed by atoms with Crippen molar-refractivity contribution in [1.82, 2.24) is 0 Å². The van der Waals surface area contributed by atoms with E-state index in [1.165, 1.54) is 12.8 Å². The van der Waals surface area contributed by atoms with Gasteiger partial charge in [0.15, 0.2) is 0 Å². The van der Waals surface area contributed by atoms with E-state index in [0.29, 0.717) is 5.92 Å². The van der Waals surface area contributed by atoms with Gasteiger partial charge in [-0.05, 0) is 35.8 Å². The van der Waals surface area contributed by atoms with Gasteiger partial charge in [0.25, 0.3) is 0 Å². The van der Waals surface area contributed by atoms with Crippen molar-refractivity contribution in [1.29, 1.82) is 0 Å². The van der Waals surface area contributed by atoms with Gasteiger partial charge in [-0.2, -0.15) is 0 Å². The monoisotopic (exact) mass is 202 g/mol. The third kappa shape index (κ3) is 2.71. The average Bonchev–Trinajstić information content (AvgIpc) is 2.74. The van der Waals surface area contributed by atoms with Crippen molar-refractivity contribution < 1.29 is 0 Å². The summed E-state index contributed by atoms with van der Waals surface area (Å²) in [6.45, 7) is 10.1. The molecule has 0 saturated heterocycles. The van der Waals surface area contributed by atoms with Gasteiger partial charge < -0.3 is 0 Å². The van der Waals surface area contributed by atoms with Gasteiger partial charge in [-0.15, -0.1) is 6.58 Å². The van der Waals surface area contributed by atoms with Crippen LogP contribution in [-0.2, 0) is 12.8 Å². The first-order valence-electron chi connectivity index (χ1n) is 6.00. The first-order chi connectivity index (χ1) is 7.31. The van der Waals surface area contributed by atoms with E-state index >= 15 is 0 Å². The summed E-state index contributed by atoms with van der Waals surface area (Å²) in [5.41, 5.74) is 3.09. The molecular weight excluding hydrogens is 180 g/mol. The third-order valence-electron chi connectivity index (χ3n) is 3.20. The third-order valence-corrected chi connectivity index (χ3v) is 3.20. The maximum absolute atomic E-state index is 3.87. The SMILES string of the molecule is C=CC(C)C1Cc2ccccc2C1.CC. The quantitative estimate of drug-likeness (QED) is 0.629. The van der Waals surface area contributed by atoms with Crippen LogP contribution in [0.25, 0.3) is 0 Å². The lowest BCUT2D eigenvalue weighted by molar-refractivity contribution is 0.444. The smallest absolute Gasteiger partial charge is 0.0230 e. The summed E-state index contributed by atoms with van der Waals surface area (Å²) in [6, 6.07) is 8.79. The summed E-state index contributed by atoms with van der Waals surface area (Å²) in [6.07, 6.45) is 4.56. The van der Waals surface area contributed by atoms with Crippen LogP contribution in [0.1, 0.15) is 31.9 Å². The van der Waals surface area contributed by atoms with E-state index in [9.17, 15) is 0 Å². The Balaban J connectivity index is 0.000000531. The van der Waals surface area contributed by atoms with Gasteiger partial charge >= 0.3 is 0 Å². The second-order valence-corrected chi connectivity index (χ2v) is 4.03. The van der Waals surface area contributed by atoms with E-state index < -0.39 is 0 Å². The van der Waals surface area contributed by atoms with E-state index in [1.54, 1.807) is 11.1 Å². The Labute approximate surface area is 94.0 Å². The fraction of sp³-hybridized carbons (Fsp3) is 0.467. The van der Waals surface area contributed by atoms with Gasteiger partial charge in [0.2, 0.25) is 0 Å². The van der Waals surface area contributed by atoms with Crippen LogP contribution in [0, 0.1) is 11.8 Å². The van der Waals surface area contributed by atoms with Gasteiger partial charge in [-0.3, -0.25) is 0 Å². The number of hydrogen-bond acceptors (Lipinski definition) is 0. The molecule has 1 aliphatic carbocycles. The molecule has 0 aromatic heterocycles. The van der Waals surface area contributed by atoms with Crippen LogP contribution in [0.5, 0.6) is 0 Å². The van der Waals surface area contributed by atoms with Crippen LogP contribution in [0.15, 0.2) is 36.9 Å². The zero-order valence-corrected chi connectivity index (χ0v) is 10.2. The molecule has 0 aliphatic heterocycles. The molecule has 0 saturated carbocycles. The molecule has 0 fully saturated rings. The highest BCUT2D eigenvalue weighted by Crippen LogP contribution is 2.31. The molecule has 2 rings (SSSR count). The van der Waals surface area contributed by atoms with Crippen LogP contribution in [0.4, 0.5) is 0 Å². The molecule has 0 nitrogen and oxygen atoms in total. The zero-order valence-electron chi connectivity index (χ0n) is 10.2. The Kier molecular flexibility index (Phi) is 4.61. The fourth-order valence-corrected chi connectivity index (χ4v) is 2.16. The lowest BCUT2D eigenvalue weighted by atomic mass is 9.92. The number of rotatable bonds is 2. The van der Waals surface area contributed by atoms with Crippen molar-refractivity contribution in [2.45, 2.75) is 33.6 Å². The Bertz CT molecular complexity index is 287. The predicted octanol–water partition coefficient (Wildman–Crippen LogP) is 4.25. The van der Waals surface area contributed by atoms with Crippen molar-refractivity contribution in [3.8, 4) is 0 Å². The predicted molar refractivity (Wildman–Crippen MR) is 68.0 cm³/mol. The van der Waals surface area contributed by atoms with E-state index in [0.717, 1.165) is 5.92 Å². The fourth-order valence-electron chi connectivity index (χ4n) is 2.16. The molecule has 0 amide bonds. The molecule has 1 aromatic carbocycles. The lowest BCUT2D eigenvalue weighted by Crippen LogP contribution is -2.08. The molecule has 0 heterocycles. The topological polar surface area (TPSA) is 0 Å². The average molecular weight is 202 g/mol. The highest BCUT2D eigenvalue weighted by atomic mass is 14.3. The summed E-state index contributed by atoms with van der Waals surface area (Å²) in [7, 11) is 0. The number of benzene rings is 1. The van der Waals surface area contributed by atoms with Crippen molar-refractivity contribution in [2.75, 3.05) is 0 Å². The highest BCUT2D eigenvalue weighted by molar-refractivity contribution is 5.32. The minimum absolute atomic E-state index is 0.646. The van der Waals surface area contributed by atoms with Crippen LogP contribution < -0.4 is 0 Å². The summed E-state index contributed by atoms with van der Waals surface area (Å²) >= 11 is 0. The molecular formula is C15H22. The Morgan fingerprint density at radius 1 is 1.20 bits per heavy atom. The normalized spacial score (nSPS) is 16.2. The Morgan fingerprint density at radius 3 is 2.07 bits per heavy atom. The molecule has 0 bridgehead atoms. The molecule has 1 aliphatic rings. The molecule has 1 unspecified atom stereocenters. The zero-order chi connectivity index (χ0) is 11.3. The minimum Gasteiger partial charge on any atom is -0.103 e. The Morgan fingerprint density at radius 2 is 1.67 bits per heavy atom. The summed E-state index contributed by atoms with van der Waals surface area (Å²) in [5, 5.41) is 0. The highest BCUT2D eigenvalue weighted by Gasteiger charge is 2.23. The molecule has 1 aromatic rings. The lowest BCUT2D eigenvalue weighted by Gasteiger charge is -2.13. The first kappa shape index (κ1) is 12.0. The van der Waals surface area contributed by atoms with Crippen molar-refractivity contribution >= 4 is 0 Å². The maximum Gasteiger partial charge on any atom is -0.0230 e. The van der Waals surface area contributed by atoms with Crippen molar-refractivity contribution in [2.24, 2.45) is 11.8 Å². The van der Waals surface area contributed by atoms with Crippen LogP contribution >= 0.6 is 0 Å². The number of hydrogen-bond donors (Lipinski definition) is 0. The van der Waals surface area contributed by atoms with Gasteiger partial charge in [0.1, 0.15) is 0 Å². The maximum atomic E-state index is 3.87. The van der Waals surface area contributed by atoms with Gasteiger partial charge in [0.05, 0.1) is 0 Å². The largest absolute Gasteiger partial charge is 0.103 e. The molecule has 0 N–H and O–H groups in total. The molecule has 15 heavy (non-hydrogen) atoms. The first-order valence-corrected chi connectivity index (χ1v) is 6.00. The number of fused-ring (bicyclic) bond motifs is 1. The second kappa shape index (κ2) is 5.75. The van der Waals surface area contributed by atoms with Gasteiger partial charge in [-0.1, -0.05) is 51.1 Å². The van der Waals surface area contributed by atoms with Crippen molar-refractivity contribution in [3.63, 3.8) is 0 Å². The Hall–Kier alpha value is -1.04. The molecule has 82 valence electrons.